The normalized spacial score (nSPS) is 20.3. The minimum Gasteiger partial charge on any atom is -0.495 e. The van der Waals surface area contributed by atoms with E-state index in [4.69, 9.17) is 25.8 Å². The Morgan fingerprint density at radius 2 is 1.83 bits per heavy atom. The predicted octanol–water partition coefficient (Wildman–Crippen LogP) is 5.39. The number of halogens is 1. The number of piperazine rings is 1. The summed E-state index contributed by atoms with van der Waals surface area (Å²) < 4.78 is 16.7. The monoisotopic (exact) mass is 515 g/mol. The molecular formula is C29H42ClN3O3. The van der Waals surface area contributed by atoms with Crippen LogP contribution >= 0.6 is 11.6 Å². The molecule has 2 heterocycles. The van der Waals surface area contributed by atoms with Crippen LogP contribution in [0.3, 0.4) is 0 Å². The summed E-state index contributed by atoms with van der Waals surface area (Å²) in [7, 11) is 3.41. The zero-order valence-corrected chi connectivity index (χ0v) is 23.1. The van der Waals surface area contributed by atoms with E-state index in [-0.39, 0.29) is 0 Å². The maximum Gasteiger partial charge on any atom is 0.139 e. The van der Waals surface area contributed by atoms with Gasteiger partial charge in [0.15, 0.2) is 0 Å². The summed E-state index contributed by atoms with van der Waals surface area (Å²) in [6, 6.07) is 11.7. The number of nitrogens with zero attached hydrogens (tertiary/aromatic N) is 2. The third kappa shape index (κ3) is 6.28. The van der Waals surface area contributed by atoms with Crippen LogP contribution in [0.15, 0.2) is 30.3 Å². The number of hydrogen-bond acceptors (Lipinski definition) is 6. The van der Waals surface area contributed by atoms with E-state index >= 15 is 0 Å². The van der Waals surface area contributed by atoms with Crippen molar-refractivity contribution in [3.8, 4) is 11.5 Å². The van der Waals surface area contributed by atoms with Crippen molar-refractivity contribution in [2.45, 2.75) is 51.6 Å². The Morgan fingerprint density at radius 1 is 0.972 bits per heavy atom. The van der Waals surface area contributed by atoms with Gasteiger partial charge in [0.2, 0.25) is 0 Å². The standard InChI is InChI=1S/C29H42ClN3O3/c1-21-22(2)28(36-17-6-13-31-14-18-34-3)12-10-25(21)27-8-5-7-24-20-32(15-16-33(24)27)23-9-11-26(30)29(19-23)35-4/h9-12,19,24,27,31H,5-8,13-18,20H2,1-4H3/t24-,27+/m0/s1. The van der Waals surface area contributed by atoms with Crippen LogP contribution in [0.1, 0.15) is 48.4 Å². The molecule has 2 saturated heterocycles. The fraction of sp³-hybridized carbons (Fsp3) is 0.586. The summed E-state index contributed by atoms with van der Waals surface area (Å²) >= 11 is 6.26. The quantitative estimate of drug-likeness (QED) is 0.405. The number of rotatable bonds is 11. The van der Waals surface area contributed by atoms with Crippen LogP contribution in [-0.4, -0.2) is 71.1 Å². The third-order valence-electron chi connectivity index (χ3n) is 7.82. The molecule has 0 spiro atoms. The number of hydrogen-bond donors (Lipinski definition) is 1. The number of nitrogens with one attached hydrogen (secondary N) is 1. The Hall–Kier alpha value is -1.99. The van der Waals surface area contributed by atoms with E-state index in [0.717, 1.165) is 63.9 Å². The van der Waals surface area contributed by atoms with E-state index < -0.39 is 0 Å². The Morgan fingerprint density at radius 3 is 2.64 bits per heavy atom. The summed E-state index contributed by atoms with van der Waals surface area (Å²) in [6.45, 7) is 10.9. The highest BCUT2D eigenvalue weighted by atomic mass is 35.5. The molecule has 0 radical (unpaired) electrons. The van der Waals surface area contributed by atoms with Gasteiger partial charge in [-0.05, 0) is 81.0 Å². The molecule has 0 saturated carbocycles. The summed E-state index contributed by atoms with van der Waals surface area (Å²) in [5.74, 6) is 1.76. The van der Waals surface area contributed by atoms with E-state index in [1.165, 1.54) is 41.6 Å². The van der Waals surface area contributed by atoms with Gasteiger partial charge in [0.1, 0.15) is 11.5 Å². The second-order valence-electron chi connectivity index (χ2n) is 9.95. The minimum absolute atomic E-state index is 0.475. The third-order valence-corrected chi connectivity index (χ3v) is 8.13. The molecule has 2 aliphatic heterocycles. The summed E-state index contributed by atoms with van der Waals surface area (Å²) in [6.07, 6.45) is 4.71. The number of benzene rings is 2. The highest BCUT2D eigenvalue weighted by Gasteiger charge is 2.36. The maximum atomic E-state index is 6.26. The van der Waals surface area contributed by atoms with Gasteiger partial charge in [0.05, 0.1) is 25.3 Å². The Labute approximate surface area is 221 Å². The lowest BCUT2D eigenvalue weighted by Crippen LogP contribution is -2.56. The first-order chi connectivity index (χ1) is 17.5. The fourth-order valence-corrected chi connectivity index (χ4v) is 5.87. The van der Waals surface area contributed by atoms with Gasteiger partial charge in [-0.3, -0.25) is 4.90 Å². The second-order valence-corrected chi connectivity index (χ2v) is 10.4. The molecule has 2 aromatic rings. The zero-order valence-electron chi connectivity index (χ0n) is 22.3. The number of fused-ring (bicyclic) bond motifs is 1. The molecular weight excluding hydrogens is 474 g/mol. The van der Waals surface area contributed by atoms with Gasteiger partial charge in [-0.15, -0.1) is 0 Å². The van der Waals surface area contributed by atoms with Gasteiger partial charge >= 0.3 is 0 Å². The van der Waals surface area contributed by atoms with Crippen LogP contribution in [0.2, 0.25) is 5.02 Å². The smallest absolute Gasteiger partial charge is 0.139 e. The molecule has 0 unspecified atom stereocenters. The largest absolute Gasteiger partial charge is 0.495 e. The lowest BCUT2D eigenvalue weighted by atomic mass is 9.86. The molecule has 2 aromatic carbocycles. The van der Waals surface area contributed by atoms with E-state index in [9.17, 15) is 0 Å². The molecule has 2 atom stereocenters. The molecule has 0 amide bonds. The van der Waals surface area contributed by atoms with E-state index in [1.807, 2.05) is 6.07 Å². The Bertz CT molecular complexity index is 1000. The molecule has 6 nitrogen and oxygen atoms in total. The van der Waals surface area contributed by atoms with Crippen molar-refractivity contribution in [1.82, 2.24) is 10.2 Å². The van der Waals surface area contributed by atoms with E-state index in [0.29, 0.717) is 17.1 Å². The van der Waals surface area contributed by atoms with Gasteiger partial charge in [-0.2, -0.15) is 0 Å². The highest BCUT2D eigenvalue weighted by molar-refractivity contribution is 6.32. The fourth-order valence-electron chi connectivity index (χ4n) is 5.68. The van der Waals surface area contributed by atoms with Gasteiger partial charge in [-0.25, -0.2) is 0 Å². The van der Waals surface area contributed by atoms with Crippen molar-refractivity contribution in [2.75, 3.05) is 65.1 Å². The van der Waals surface area contributed by atoms with Crippen molar-refractivity contribution >= 4 is 17.3 Å². The van der Waals surface area contributed by atoms with Crippen LogP contribution in [0.25, 0.3) is 0 Å². The molecule has 2 fully saturated rings. The molecule has 198 valence electrons. The SMILES string of the molecule is COCCNCCCOc1ccc([C@H]2CCC[C@H]3CN(c4ccc(Cl)c(OC)c4)CCN32)c(C)c1C. The van der Waals surface area contributed by atoms with Crippen molar-refractivity contribution in [3.63, 3.8) is 0 Å². The van der Waals surface area contributed by atoms with Gasteiger partial charge in [-0.1, -0.05) is 17.7 Å². The van der Waals surface area contributed by atoms with Crippen LogP contribution in [0.4, 0.5) is 5.69 Å². The highest BCUT2D eigenvalue weighted by Crippen LogP contribution is 2.40. The molecule has 36 heavy (non-hydrogen) atoms. The van der Waals surface area contributed by atoms with Crippen molar-refractivity contribution in [3.05, 3.63) is 52.0 Å². The van der Waals surface area contributed by atoms with Gasteiger partial charge in [0, 0.05) is 57.1 Å². The molecule has 7 heteroatoms. The number of ether oxygens (including phenoxy) is 3. The molecule has 4 rings (SSSR count). The predicted molar refractivity (Wildman–Crippen MR) is 148 cm³/mol. The second kappa shape index (κ2) is 13.0. The van der Waals surface area contributed by atoms with Crippen LogP contribution in [0.5, 0.6) is 11.5 Å². The number of methoxy groups -OCH3 is 2. The molecule has 0 bridgehead atoms. The lowest BCUT2D eigenvalue weighted by Gasteiger charge is -2.49. The number of anilines is 1. The summed E-state index contributed by atoms with van der Waals surface area (Å²) in [5.41, 5.74) is 5.31. The Kier molecular flexibility index (Phi) is 9.77. The van der Waals surface area contributed by atoms with E-state index in [1.54, 1.807) is 14.2 Å². The van der Waals surface area contributed by atoms with E-state index in [2.05, 4.69) is 53.2 Å². The number of piperidine rings is 1. The van der Waals surface area contributed by atoms with Crippen molar-refractivity contribution in [1.29, 1.82) is 0 Å². The minimum atomic E-state index is 0.475. The molecule has 0 aromatic heterocycles. The van der Waals surface area contributed by atoms with Crippen LogP contribution in [0, 0.1) is 13.8 Å². The van der Waals surface area contributed by atoms with Crippen molar-refractivity contribution in [2.24, 2.45) is 0 Å². The Balaban J connectivity index is 1.38. The van der Waals surface area contributed by atoms with Crippen molar-refractivity contribution < 1.29 is 14.2 Å². The summed E-state index contributed by atoms with van der Waals surface area (Å²) in [5, 5.41) is 4.03. The van der Waals surface area contributed by atoms with Crippen LogP contribution in [-0.2, 0) is 4.74 Å². The molecule has 2 aliphatic rings. The average Bonchev–Trinajstić information content (AvgIpc) is 2.90. The first-order valence-electron chi connectivity index (χ1n) is 13.3. The van der Waals surface area contributed by atoms with Crippen LogP contribution < -0.4 is 19.7 Å². The summed E-state index contributed by atoms with van der Waals surface area (Å²) in [4.78, 5) is 5.24. The van der Waals surface area contributed by atoms with Gasteiger partial charge in [0.25, 0.3) is 0 Å². The molecule has 1 N–H and O–H groups in total. The lowest BCUT2D eigenvalue weighted by molar-refractivity contribution is 0.0712. The maximum absolute atomic E-state index is 6.26. The molecule has 0 aliphatic carbocycles. The zero-order chi connectivity index (χ0) is 25.5. The topological polar surface area (TPSA) is 46.2 Å². The average molecular weight is 516 g/mol. The first kappa shape index (κ1) is 27.1. The van der Waals surface area contributed by atoms with Gasteiger partial charge < -0.3 is 24.4 Å². The first-order valence-corrected chi connectivity index (χ1v) is 13.7.